The van der Waals surface area contributed by atoms with Crippen LogP contribution in [0.25, 0.3) is 11.1 Å². The molecule has 2 aromatic carbocycles. The van der Waals surface area contributed by atoms with E-state index in [1.54, 1.807) is 0 Å². The third-order valence-corrected chi connectivity index (χ3v) is 6.42. The Morgan fingerprint density at radius 3 is 2.29 bits per heavy atom. The van der Waals surface area contributed by atoms with Gasteiger partial charge < -0.3 is 24.4 Å². The van der Waals surface area contributed by atoms with E-state index in [1.807, 2.05) is 48.5 Å². The highest BCUT2D eigenvalue weighted by Gasteiger charge is 2.42. The first-order valence-corrected chi connectivity index (χ1v) is 11.2. The Morgan fingerprint density at radius 1 is 1.03 bits per heavy atom. The molecule has 3 N–H and O–H groups in total. The Labute approximate surface area is 200 Å². The summed E-state index contributed by atoms with van der Waals surface area (Å²) in [6.45, 7) is 0.560. The maximum atomic E-state index is 12.6. The van der Waals surface area contributed by atoms with Gasteiger partial charge in [0.15, 0.2) is 5.69 Å². The summed E-state index contributed by atoms with van der Waals surface area (Å²) in [5.41, 5.74) is 2.81. The van der Waals surface area contributed by atoms with Gasteiger partial charge in [0.25, 0.3) is 5.91 Å². The zero-order chi connectivity index (χ0) is 24.4. The van der Waals surface area contributed by atoms with Crippen LogP contribution in [0.3, 0.4) is 0 Å². The van der Waals surface area contributed by atoms with Crippen molar-refractivity contribution in [3.63, 3.8) is 0 Å². The van der Waals surface area contributed by atoms with Crippen molar-refractivity contribution < 1.29 is 33.5 Å². The van der Waals surface area contributed by atoms with E-state index in [2.05, 4.69) is 15.8 Å². The molecule has 1 aliphatic carbocycles. The molecule has 1 fully saturated rings. The van der Waals surface area contributed by atoms with Gasteiger partial charge >= 0.3 is 12.1 Å². The van der Waals surface area contributed by atoms with E-state index in [9.17, 15) is 19.5 Å². The molecule has 0 atom stereocenters. The number of anilines is 1. The number of hydrogen-bond acceptors (Lipinski definition) is 7. The molecule has 2 heterocycles. The summed E-state index contributed by atoms with van der Waals surface area (Å²) in [6, 6.07) is 17.2. The van der Waals surface area contributed by atoms with Crippen LogP contribution < -0.4 is 10.6 Å². The van der Waals surface area contributed by atoms with Crippen LogP contribution in [0.5, 0.6) is 0 Å². The summed E-state index contributed by atoms with van der Waals surface area (Å²) < 4.78 is 15.7. The van der Waals surface area contributed by atoms with Crippen LogP contribution in [-0.4, -0.2) is 53.6 Å². The lowest BCUT2D eigenvalue weighted by molar-refractivity contribution is -0.148. The van der Waals surface area contributed by atoms with E-state index in [4.69, 9.17) is 14.0 Å². The van der Waals surface area contributed by atoms with Gasteiger partial charge in [0, 0.05) is 38.0 Å². The lowest BCUT2D eigenvalue weighted by atomic mass is 9.90. The standard InChI is InChI=1S/C25H23N3O7/c29-22(27-25(23(30)31)9-11-33-12-10-25)20-13-21(35-28-20)26-24(32)34-14-19-17-7-3-1-5-15(17)16-6-2-4-8-18(16)19/h1-8,13,19H,9-12,14H2,(H,26,32)(H,27,29)(H,30,31). The molecule has 1 saturated heterocycles. The predicted octanol–water partition coefficient (Wildman–Crippen LogP) is 3.40. The largest absolute Gasteiger partial charge is 0.480 e. The van der Waals surface area contributed by atoms with Gasteiger partial charge in [-0.25, -0.2) is 9.59 Å². The number of carboxylic acids is 1. The molecule has 2 amide bonds. The van der Waals surface area contributed by atoms with Gasteiger partial charge in [-0.2, -0.15) is 0 Å². The van der Waals surface area contributed by atoms with Gasteiger partial charge in [0.1, 0.15) is 12.1 Å². The number of benzene rings is 2. The fourth-order valence-electron chi connectivity index (χ4n) is 4.57. The highest BCUT2D eigenvalue weighted by molar-refractivity contribution is 5.97. The van der Waals surface area contributed by atoms with Gasteiger partial charge in [-0.05, 0) is 22.3 Å². The molecular weight excluding hydrogens is 454 g/mol. The van der Waals surface area contributed by atoms with Crippen molar-refractivity contribution in [3.8, 4) is 11.1 Å². The quantitative estimate of drug-likeness (QED) is 0.491. The molecule has 2 aliphatic rings. The van der Waals surface area contributed by atoms with Gasteiger partial charge in [0.2, 0.25) is 5.88 Å². The molecule has 1 aliphatic heterocycles. The number of aromatic nitrogens is 1. The topological polar surface area (TPSA) is 140 Å². The molecule has 10 heteroatoms. The zero-order valence-electron chi connectivity index (χ0n) is 18.7. The first-order chi connectivity index (χ1) is 17.0. The molecule has 0 radical (unpaired) electrons. The molecular formula is C25H23N3O7. The number of nitrogens with one attached hydrogen (secondary N) is 2. The summed E-state index contributed by atoms with van der Waals surface area (Å²) in [5, 5.41) is 18.2. The average Bonchev–Trinajstić information content (AvgIpc) is 3.46. The van der Waals surface area contributed by atoms with Crippen LogP contribution in [0.15, 0.2) is 59.1 Å². The minimum absolute atomic E-state index is 0.0938. The molecule has 0 saturated carbocycles. The van der Waals surface area contributed by atoms with Gasteiger partial charge in [0.05, 0.1) is 0 Å². The maximum Gasteiger partial charge on any atom is 0.414 e. The molecule has 0 unspecified atom stereocenters. The predicted molar refractivity (Wildman–Crippen MR) is 123 cm³/mol. The minimum Gasteiger partial charge on any atom is -0.480 e. The van der Waals surface area contributed by atoms with Gasteiger partial charge in [-0.3, -0.25) is 10.1 Å². The third-order valence-electron chi connectivity index (χ3n) is 6.42. The van der Waals surface area contributed by atoms with E-state index < -0.39 is 23.5 Å². The number of aliphatic carboxylic acids is 1. The van der Waals surface area contributed by atoms with Crippen molar-refractivity contribution in [3.05, 3.63) is 71.4 Å². The number of rotatable bonds is 6. The second-order valence-electron chi connectivity index (χ2n) is 8.48. The lowest BCUT2D eigenvalue weighted by Crippen LogP contribution is -2.57. The Bertz CT molecular complexity index is 1230. The smallest absolute Gasteiger partial charge is 0.414 e. The fourth-order valence-corrected chi connectivity index (χ4v) is 4.57. The Balaban J connectivity index is 1.21. The first-order valence-electron chi connectivity index (χ1n) is 11.2. The number of carbonyl (C=O) groups excluding carboxylic acids is 2. The summed E-state index contributed by atoms with van der Waals surface area (Å²) in [6.07, 6.45) is -0.491. The molecule has 5 rings (SSSR count). The number of ether oxygens (including phenoxy) is 2. The van der Waals surface area contributed by atoms with Crippen LogP contribution in [0, 0.1) is 0 Å². The minimum atomic E-state index is -1.44. The summed E-state index contributed by atoms with van der Waals surface area (Å²) in [7, 11) is 0. The Kier molecular flexibility index (Phi) is 5.96. The van der Waals surface area contributed by atoms with E-state index in [0.717, 1.165) is 22.3 Å². The molecule has 0 bridgehead atoms. The number of carboxylic acid groups (broad SMARTS) is 1. The number of carbonyl (C=O) groups is 3. The third kappa shape index (κ3) is 4.35. The normalized spacial score (nSPS) is 16.1. The molecule has 35 heavy (non-hydrogen) atoms. The van der Waals surface area contributed by atoms with Crippen LogP contribution in [0.2, 0.25) is 0 Å². The number of fused-ring (bicyclic) bond motifs is 3. The van der Waals surface area contributed by atoms with Crippen LogP contribution in [-0.2, 0) is 14.3 Å². The molecule has 0 spiro atoms. The highest BCUT2D eigenvalue weighted by atomic mass is 16.6. The lowest BCUT2D eigenvalue weighted by Gasteiger charge is -2.33. The second-order valence-corrected chi connectivity index (χ2v) is 8.48. The molecule has 3 aromatic rings. The fraction of sp³-hybridized carbons (Fsp3) is 0.280. The van der Waals surface area contributed by atoms with Crippen LogP contribution in [0.1, 0.15) is 40.4 Å². The van der Waals surface area contributed by atoms with Gasteiger partial charge in [-0.1, -0.05) is 53.7 Å². The van der Waals surface area contributed by atoms with E-state index >= 15 is 0 Å². The zero-order valence-corrected chi connectivity index (χ0v) is 18.7. The SMILES string of the molecule is O=C(Nc1cc(C(=O)NC2(C(=O)O)CCOCC2)no1)OCC1c2ccccc2-c2ccccc21. The first kappa shape index (κ1) is 22.6. The van der Waals surface area contributed by atoms with Crippen molar-refractivity contribution in [2.75, 3.05) is 25.1 Å². The van der Waals surface area contributed by atoms with Crippen LogP contribution in [0.4, 0.5) is 10.7 Å². The molecule has 10 nitrogen and oxygen atoms in total. The van der Waals surface area contributed by atoms with Crippen molar-refractivity contribution in [2.24, 2.45) is 0 Å². The van der Waals surface area contributed by atoms with Crippen LogP contribution >= 0.6 is 0 Å². The number of amides is 2. The highest BCUT2D eigenvalue weighted by Crippen LogP contribution is 2.44. The van der Waals surface area contributed by atoms with E-state index in [0.29, 0.717) is 0 Å². The number of nitrogens with zero attached hydrogens (tertiary/aromatic N) is 1. The summed E-state index contributed by atoms with van der Waals surface area (Å²) in [5.74, 6) is -2.06. The van der Waals surface area contributed by atoms with Gasteiger partial charge in [-0.15, -0.1) is 0 Å². The molecule has 180 valence electrons. The monoisotopic (exact) mass is 477 g/mol. The maximum absolute atomic E-state index is 12.6. The van der Waals surface area contributed by atoms with E-state index in [1.165, 1.54) is 6.07 Å². The van der Waals surface area contributed by atoms with Crippen molar-refractivity contribution in [1.82, 2.24) is 10.5 Å². The summed E-state index contributed by atoms with van der Waals surface area (Å²) >= 11 is 0. The van der Waals surface area contributed by atoms with Crippen molar-refractivity contribution in [1.29, 1.82) is 0 Å². The Hall–Kier alpha value is -4.18. The summed E-state index contributed by atoms with van der Waals surface area (Å²) in [4.78, 5) is 36.7. The second kappa shape index (κ2) is 9.22. The Morgan fingerprint density at radius 2 is 1.66 bits per heavy atom. The van der Waals surface area contributed by atoms with E-state index in [-0.39, 0.29) is 50.2 Å². The van der Waals surface area contributed by atoms with Crippen molar-refractivity contribution >= 4 is 23.9 Å². The molecule has 1 aromatic heterocycles. The van der Waals surface area contributed by atoms with Crippen molar-refractivity contribution in [2.45, 2.75) is 24.3 Å². The average molecular weight is 477 g/mol. The number of hydrogen-bond donors (Lipinski definition) is 3.